The number of rotatable bonds is 6. The Kier molecular flexibility index (Phi) is 5.87. The first-order valence-corrected chi connectivity index (χ1v) is 9.44. The van der Waals surface area contributed by atoms with Crippen molar-refractivity contribution in [3.63, 3.8) is 0 Å². The molecule has 0 aromatic heterocycles. The van der Waals surface area contributed by atoms with Crippen molar-refractivity contribution in [1.82, 2.24) is 4.90 Å². The number of aryl methyl sites for hydroxylation is 1. The molecule has 0 bridgehead atoms. The van der Waals surface area contributed by atoms with Crippen LogP contribution in [0.3, 0.4) is 0 Å². The van der Waals surface area contributed by atoms with Crippen molar-refractivity contribution < 1.29 is 14.3 Å². The molecule has 1 aliphatic rings. The van der Waals surface area contributed by atoms with Crippen LogP contribution in [0.5, 0.6) is 11.5 Å². The van der Waals surface area contributed by atoms with Crippen LogP contribution in [0.1, 0.15) is 22.9 Å². The molecule has 4 nitrogen and oxygen atoms in total. The van der Waals surface area contributed by atoms with E-state index in [0.717, 1.165) is 35.8 Å². The molecule has 0 radical (unpaired) electrons. The maximum absolute atomic E-state index is 12.8. The van der Waals surface area contributed by atoms with Crippen LogP contribution >= 0.6 is 11.8 Å². The second kappa shape index (κ2) is 8.30. The van der Waals surface area contributed by atoms with Crippen LogP contribution < -0.4 is 9.47 Å². The van der Waals surface area contributed by atoms with Gasteiger partial charge in [0.15, 0.2) is 0 Å². The Labute approximate surface area is 153 Å². The van der Waals surface area contributed by atoms with Crippen LogP contribution in [0.2, 0.25) is 0 Å². The van der Waals surface area contributed by atoms with Gasteiger partial charge in [0.2, 0.25) is 5.91 Å². The third kappa shape index (κ3) is 4.10. The Balaban J connectivity index is 1.75. The molecule has 2 aromatic rings. The second-order valence-electron chi connectivity index (χ2n) is 5.90. The molecule has 3 rings (SSSR count). The Morgan fingerprint density at radius 1 is 1.16 bits per heavy atom. The average molecular weight is 357 g/mol. The van der Waals surface area contributed by atoms with Gasteiger partial charge in [0.25, 0.3) is 0 Å². The minimum Gasteiger partial charge on any atom is -0.497 e. The largest absolute Gasteiger partial charge is 0.497 e. The minimum atomic E-state index is -0.0201. The van der Waals surface area contributed by atoms with Crippen LogP contribution in [0.4, 0.5) is 0 Å². The summed E-state index contributed by atoms with van der Waals surface area (Å²) in [6.45, 7) is 0.767. The number of nitrogens with zero attached hydrogens (tertiary/aromatic N) is 1. The third-order valence-corrected chi connectivity index (χ3v) is 5.63. The first-order valence-electron chi connectivity index (χ1n) is 8.40. The van der Waals surface area contributed by atoms with Crippen molar-refractivity contribution in [1.29, 1.82) is 0 Å². The molecule has 0 N–H and O–H groups in total. The summed E-state index contributed by atoms with van der Waals surface area (Å²) < 4.78 is 10.9. The smallest absolute Gasteiger partial charge is 0.224 e. The van der Waals surface area contributed by atoms with E-state index in [-0.39, 0.29) is 11.3 Å². The Morgan fingerprint density at radius 3 is 2.68 bits per heavy atom. The van der Waals surface area contributed by atoms with Gasteiger partial charge in [-0.2, -0.15) is 0 Å². The van der Waals surface area contributed by atoms with E-state index in [1.165, 1.54) is 5.56 Å². The lowest BCUT2D eigenvalue weighted by Gasteiger charge is -2.26. The number of methoxy groups -OCH3 is 2. The van der Waals surface area contributed by atoms with Gasteiger partial charge in [-0.05, 0) is 30.2 Å². The fourth-order valence-corrected chi connectivity index (χ4v) is 4.35. The van der Waals surface area contributed by atoms with Crippen LogP contribution in [0.25, 0.3) is 0 Å². The molecule has 132 valence electrons. The molecule has 1 atom stereocenters. The van der Waals surface area contributed by atoms with Gasteiger partial charge in [-0.3, -0.25) is 4.79 Å². The molecular formula is C20H23NO3S. The van der Waals surface area contributed by atoms with E-state index in [4.69, 9.17) is 9.47 Å². The molecular weight excluding hydrogens is 334 g/mol. The lowest BCUT2D eigenvalue weighted by atomic mass is 10.1. The molecule has 2 aromatic carbocycles. The van der Waals surface area contributed by atoms with Gasteiger partial charge in [-0.1, -0.05) is 30.3 Å². The fraction of sp³-hybridized carbons (Fsp3) is 0.350. The average Bonchev–Trinajstić information content (AvgIpc) is 3.16. The highest BCUT2D eigenvalue weighted by atomic mass is 32.2. The molecule has 5 heteroatoms. The normalized spacial score (nSPS) is 16.7. The number of ether oxygens (including phenoxy) is 2. The van der Waals surface area contributed by atoms with Gasteiger partial charge >= 0.3 is 0 Å². The number of hydrogen-bond acceptors (Lipinski definition) is 4. The maximum Gasteiger partial charge on any atom is 0.224 e. The molecule has 0 unspecified atom stereocenters. The van der Waals surface area contributed by atoms with Crippen molar-refractivity contribution >= 4 is 17.7 Å². The number of hydrogen-bond donors (Lipinski definition) is 0. The lowest BCUT2D eigenvalue weighted by molar-refractivity contribution is -0.131. The van der Waals surface area contributed by atoms with Gasteiger partial charge < -0.3 is 14.4 Å². The molecule has 1 fully saturated rings. The van der Waals surface area contributed by atoms with Crippen LogP contribution in [0, 0.1) is 0 Å². The highest BCUT2D eigenvalue weighted by Gasteiger charge is 2.32. The first kappa shape index (κ1) is 17.7. The van der Waals surface area contributed by atoms with E-state index in [9.17, 15) is 4.79 Å². The molecule has 0 saturated carbocycles. The SMILES string of the molecule is COc1ccc(OC)c([C@@H]2SCCN2C(=O)CCc2ccccc2)c1. The molecule has 1 amide bonds. The van der Waals surface area contributed by atoms with Gasteiger partial charge in [-0.15, -0.1) is 11.8 Å². The number of carbonyl (C=O) groups excluding carboxylic acids is 1. The monoisotopic (exact) mass is 357 g/mol. The van der Waals surface area contributed by atoms with E-state index in [0.29, 0.717) is 6.42 Å². The third-order valence-electron chi connectivity index (χ3n) is 4.38. The van der Waals surface area contributed by atoms with Gasteiger partial charge in [0, 0.05) is 24.3 Å². The molecule has 0 spiro atoms. The maximum atomic E-state index is 12.8. The van der Waals surface area contributed by atoms with E-state index in [1.54, 1.807) is 26.0 Å². The summed E-state index contributed by atoms with van der Waals surface area (Å²) in [5, 5.41) is -0.0201. The lowest BCUT2D eigenvalue weighted by Crippen LogP contribution is -2.30. The zero-order valence-corrected chi connectivity index (χ0v) is 15.4. The number of amides is 1. The molecule has 25 heavy (non-hydrogen) atoms. The summed E-state index contributed by atoms with van der Waals surface area (Å²) in [5.74, 6) is 2.69. The van der Waals surface area contributed by atoms with E-state index < -0.39 is 0 Å². The second-order valence-corrected chi connectivity index (χ2v) is 7.09. The van der Waals surface area contributed by atoms with Crippen molar-refractivity contribution in [2.75, 3.05) is 26.5 Å². The summed E-state index contributed by atoms with van der Waals surface area (Å²) in [7, 11) is 3.31. The van der Waals surface area contributed by atoms with Crippen molar-refractivity contribution in [2.45, 2.75) is 18.2 Å². The zero-order chi connectivity index (χ0) is 17.6. The summed E-state index contributed by atoms with van der Waals surface area (Å²) >= 11 is 1.77. The summed E-state index contributed by atoms with van der Waals surface area (Å²) in [5.41, 5.74) is 2.19. The van der Waals surface area contributed by atoms with Gasteiger partial charge in [-0.25, -0.2) is 0 Å². The quantitative estimate of drug-likeness (QED) is 0.786. The van der Waals surface area contributed by atoms with Crippen molar-refractivity contribution in [3.8, 4) is 11.5 Å². The van der Waals surface area contributed by atoms with Crippen molar-refractivity contribution in [2.24, 2.45) is 0 Å². The zero-order valence-electron chi connectivity index (χ0n) is 14.6. The fourth-order valence-electron chi connectivity index (χ4n) is 3.06. The summed E-state index contributed by atoms with van der Waals surface area (Å²) in [6.07, 6.45) is 1.29. The highest BCUT2D eigenvalue weighted by molar-refractivity contribution is 7.99. The topological polar surface area (TPSA) is 38.8 Å². The van der Waals surface area contributed by atoms with Crippen LogP contribution in [-0.4, -0.2) is 37.3 Å². The van der Waals surface area contributed by atoms with E-state index in [2.05, 4.69) is 12.1 Å². The molecule has 1 aliphatic heterocycles. The number of benzene rings is 2. The van der Waals surface area contributed by atoms with Crippen molar-refractivity contribution in [3.05, 3.63) is 59.7 Å². The highest BCUT2D eigenvalue weighted by Crippen LogP contribution is 2.43. The van der Waals surface area contributed by atoms with E-state index in [1.807, 2.05) is 41.3 Å². The molecule has 0 aliphatic carbocycles. The molecule has 1 saturated heterocycles. The van der Waals surface area contributed by atoms with Crippen LogP contribution in [0.15, 0.2) is 48.5 Å². The Morgan fingerprint density at radius 2 is 1.96 bits per heavy atom. The first-order chi connectivity index (χ1) is 12.2. The number of carbonyl (C=O) groups is 1. The Bertz CT molecular complexity index is 720. The summed E-state index contributed by atoms with van der Waals surface area (Å²) in [6, 6.07) is 15.9. The molecule has 1 heterocycles. The van der Waals surface area contributed by atoms with Gasteiger partial charge in [0.1, 0.15) is 16.9 Å². The predicted molar refractivity (Wildman–Crippen MR) is 101 cm³/mol. The van der Waals surface area contributed by atoms with E-state index >= 15 is 0 Å². The van der Waals surface area contributed by atoms with Crippen LogP contribution in [-0.2, 0) is 11.2 Å². The standard InChI is InChI=1S/C20H23NO3S/c1-23-16-9-10-18(24-2)17(14-16)20-21(12-13-25-20)19(22)11-8-15-6-4-3-5-7-15/h3-7,9-10,14,20H,8,11-13H2,1-2H3/t20-/m0/s1. The van der Waals surface area contributed by atoms with Gasteiger partial charge in [0.05, 0.1) is 14.2 Å². The number of thioether (sulfide) groups is 1. The predicted octanol–water partition coefficient (Wildman–Crippen LogP) is 3.91. The Hall–Kier alpha value is -2.14. The summed E-state index contributed by atoms with van der Waals surface area (Å²) in [4.78, 5) is 14.8. The minimum absolute atomic E-state index is 0.0201.